The molecule has 0 bridgehead atoms. The van der Waals surface area contributed by atoms with E-state index in [1.54, 1.807) is 18.4 Å². The van der Waals surface area contributed by atoms with Gasteiger partial charge in [-0.1, -0.05) is 6.07 Å². The molecule has 0 amide bonds. The number of ether oxygens (including phenoxy) is 1. The Morgan fingerprint density at radius 1 is 1.29 bits per heavy atom. The van der Waals surface area contributed by atoms with Gasteiger partial charge in [0.05, 0.1) is 19.9 Å². The Morgan fingerprint density at radius 3 is 2.82 bits per heavy atom. The first kappa shape index (κ1) is 11.5. The van der Waals surface area contributed by atoms with Crippen molar-refractivity contribution in [3.05, 3.63) is 47.9 Å². The largest absolute Gasteiger partial charge is 0.504 e. The lowest BCUT2D eigenvalue weighted by Gasteiger charge is -2.06. The Morgan fingerprint density at radius 2 is 2.18 bits per heavy atom. The summed E-state index contributed by atoms with van der Waals surface area (Å²) in [5.74, 6) is 1.53. The van der Waals surface area contributed by atoms with Crippen molar-refractivity contribution in [1.29, 1.82) is 0 Å². The fourth-order valence-electron chi connectivity index (χ4n) is 1.59. The number of hydrogen-bond donors (Lipinski definition) is 2. The van der Waals surface area contributed by atoms with E-state index in [0.29, 0.717) is 18.8 Å². The van der Waals surface area contributed by atoms with Crippen LogP contribution in [0.4, 0.5) is 0 Å². The monoisotopic (exact) mass is 233 g/mol. The highest BCUT2D eigenvalue weighted by Gasteiger charge is 2.02. The van der Waals surface area contributed by atoms with Crippen molar-refractivity contribution >= 4 is 0 Å². The maximum absolute atomic E-state index is 9.60. The molecule has 1 aromatic heterocycles. The van der Waals surface area contributed by atoms with E-state index in [-0.39, 0.29) is 5.75 Å². The van der Waals surface area contributed by atoms with Crippen molar-refractivity contribution < 1.29 is 14.3 Å². The molecule has 4 nitrogen and oxygen atoms in total. The summed E-state index contributed by atoms with van der Waals surface area (Å²) < 4.78 is 10.2. The molecule has 4 heteroatoms. The van der Waals surface area contributed by atoms with E-state index in [0.717, 1.165) is 11.3 Å². The molecule has 0 saturated heterocycles. The van der Waals surface area contributed by atoms with E-state index < -0.39 is 0 Å². The number of phenolic OH excluding ortho intramolecular Hbond substituents is 1. The quantitative estimate of drug-likeness (QED) is 0.832. The average molecular weight is 233 g/mol. The minimum absolute atomic E-state index is 0.157. The van der Waals surface area contributed by atoms with Crippen molar-refractivity contribution in [3.63, 3.8) is 0 Å². The Kier molecular flexibility index (Phi) is 3.67. The first-order valence-corrected chi connectivity index (χ1v) is 5.38. The first-order chi connectivity index (χ1) is 8.29. The Labute approximate surface area is 99.8 Å². The second-order valence-electron chi connectivity index (χ2n) is 3.69. The van der Waals surface area contributed by atoms with Gasteiger partial charge in [0.15, 0.2) is 11.5 Å². The molecule has 0 atom stereocenters. The third-order valence-corrected chi connectivity index (χ3v) is 2.45. The minimum Gasteiger partial charge on any atom is -0.504 e. The molecule has 0 radical (unpaired) electrons. The van der Waals surface area contributed by atoms with Crippen molar-refractivity contribution in [1.82, 2.24) is 5.32 Å². The van der Waals surface area contributed by atoms with Gasteiger partial charge in [-0.15, -0.1) is 0 Å². The number of hydrogen-bond acceptors (Lipinski definition) is 4. The molecule has 17 heavy (non-hydrogen) atoms. The second-order valence-corrected chi connectivity index (χ2v) is 3.69. The summed E-state index contributed by atoms with van der Waals surface area (Å²) in [7, 11) is 1.53. The zero-order valence-corrected chi connectivity index (χ0v) is 9.64. The van der Waals surface area contributed by atoms with Gasteiger partial charge in [-0.05, 0) is 29.8 Å². The summed E-state index contributed by atoms with van der Waals surface area (Å²) in [6.45, 7) is 1.33. The van der Waals surface area contributed by atoms with Crippen molar-refractivity contribution in [2.45, 2.75) is 13.1 Å². The number of nitrogens with one attached hydrogen (secondary N) is 1. The van der Waals surface area contributed by atoms with Gasteiger partial charge >= 0.3 is 0 Å². The summed E-state index contributed by atoms with van der Waals surface area (Å²) in [4.78, 5) is 0. The smallest absolute Gasteiger partial charge is 0.160 e. The fourth-order valence-corrected chi connectivity index (χ4v) is 1.59. The Bertz CT molecular complexity index is 466. The molecule has 1 heterocycles. The molecule has 0 aliphatic heterocycles. The molecule has 2 N–H and O–H groups in total. The Hall–Kier alpha value is -1.94. The predicted molar refractivity (Wildman–Crippen MR) is 63.9 cm³/mol. The summed E-state index contributed by atoms with van der Waals surface area (Å²) in [5, 5.41) is 12.8. The highest BCUT2D eigenvalue weighted by atomic mass is 16.5. The van der Waals surface area contributed by atoms with E-state index in [1.807, 2.05) is 18.2 Å². The fraction of sp³-hybridized carbons (Fsp3) is 0.231. The highest BCUT2D eigenvalue weighted by molar-refractivity contribution is 5.41. The standard InChI is InChI=1S/C13H15NO3/c1-16-13-5-4-10(7-12(13)15)8-14-9-11-3-2-6-17-11/h2-7,14-15H,8-9H2,1H3. The van der Waals surface area contributed by atoms with Gasteiger partial charge in [0.1, 0.15) is 5.76 Å². The highest BCUT2D eigenvalue weighted by Crippen LogP contribution is 2.26. The number of aromatic hydroxyl groups is 1. The van der Waals surface area contributed by atoms with Gasteiger partial charge in [-0.3, -0.25) is 0 Å². The topological polar surface area (TPSA) is 54.6 Å². The van der Waals surface area contributed by atoms with Crippen molar-refractivity contribution in [2.75, 3.05) is 7.11 Å². The normalized spacial score (nSPS) is 10.4. The van der Waals surface area contributed by atoms with Gasteiger partial charge in [0.2, 0.25) is 0 Å². The lowest BCUT2D eigenvalue weighted by Crippen LogP contribution is -2.11. The van der Waals surface area contributed by atoms with Crippen molar-refractivity contribution in [3.8, 4) is 11.5 Å². The van der Waals surface area contributed by atoms with E-state index >= 15 is 0 Å². The average Bonchev–Trinajstić information content (AvgIpc) is 2.82. The molecular weight excluding hydrogens is 218 g/mol. The zero-order valence-electron chi connectivity index (χ0n) is 9.64. The number of phenols is 1. The summed E-state index contributed by atoms with van der Waals surface area (Å²) in [5.41, 5.74) is 0.995. The van der Waals surface area contributed by atoms with E-state index in [4.69, 9.17) is 9.15 Å². The molecule has 0 aliphatic rings. The van der Waals surface area contributed by atoms with Crippen LogP contribution >= 0.6 is 0 Å². The number of methoxy groups -OCH3 is 1. The van der Waals surface area contributed by atoms with Crippen LogP contribution in [0.3, 0.4) is 0 Å². The molecule has 1 aromatic carbocycles. The van der Waals surface area contributed by atoms with Crippen LogP contribution in [0.15, 0.2) is 41.0 Å². The third kappa shape index (κ3) is 3.01. The molecule has 2 aromatic rings. The molecule has 0 unspecified atom stereocenters. The van der Waals surface area contributed by atoms with Crippen molar-refractivity contribution in [2.24, 2.45) is 0 Å². The van der Waals surface area contributed by atoms with Crippen LogP contribution in [0.1, 0.15) is 11.3 Å². The van der Waals surface area contributed by atoms with Crippen LogP contribution in [-0.4, -0.2) is 12.2 Å². The lowest BCUT2D eigenvalue weighted by atomic mass is 10.2. The van der Waals surface area contributed by atoms with E-state index in [9.17, 15) is 5.11 Å². The lowest BCUT2D eigenvalue weighted by molar-refractivity contribution is 0.373. The van der Waals surface area contributed by atoms with Gasteiger partial charge in [0.25, 0.3) is 0 Å². The predicted octanol–water partition coefficient (Wildman–Crippen LogP) is 2.28. The van der Waals surface area contributed by atoms with E-state index in [1.165, 1.54) is 7.11 Å². The molecule has 90 valence electrons. The van der Waals surface area contributed by atoms with Gasteiger partial charge in [0, 0.05) is 6.54 Å². The summed E-state index contributed by atoms with van der Waals surface area (Å²) >= 11 is 0. The molecule has 0 saturated carbocycles. The molecule has 0 fully saturated rings. The zero-order chi connectivity index (χ0) is 12.1. The maximum Gasteiger partial charge on any atom is 0.160 e. The second kappa shape index (κ2) is 5.41. The van der Waals surface area contributed by atoms with Gasteiger partial charge in [-0.2, -0.15) is 0 Å². The van der Waals surface area contributed by atoms with Gasteiger partial charge in [-0.25, -0.2) is 0 Å². The Balaban J connectivity index is 1.89. The third-order valence-electron chi connectivity index (χ3n) is 2.45. The molecule has 0 spiro atoms. The van der Waals surface area contributed by atoms with E-state index in [2.05, 4.69) is 5.32 Å². The molecular formula is C13H15NO3. The summed E-state index contributed by atoms with van der Waals surface area (Å²) in [6, 6.07) is 9.12. The number of rotatable bonds is 5. The molecule has 2 rings (SSSR count). The van der Waals surface area contributed by atoms with Crippen LogP contribution in [0.5, 0.6) is 11.5 Å². The SMILES string of the molecule is COc1ccc(CNCc2ccco2)cc1O. The summed E-state index contributed by atoms with van der Waals surface area (Å²) in [6.07, 6.45) is 1.65. The van der Waals surface area contributed by atoms with Crippen LogP contribution in [0, 0.1) is 0 Å². The van der Waals surface area contributed by atoms with Crippen LogP contribution in [0.25, 0.3) is 0 Å². The number of benzene rings is 1. The van der Waals surface area contributed by atoms with Crippen LogP contribution < -0.4 is 10.1 Å². The van der Waals surface area contributed by atoms with Gasteiger partial charge < -0.3 is 19.6 Å². The maximum atomic E-state index is 9.60. The van der Waals surface area contributed by atoms with Crippen LogP contribution in [0.2, 0.25) is 0 Å². The first-order valence-electron chi connectivity index (χ1n) is 5.38. The molecule has 0 aliphatic carbocycles. The number of furan rings is 1. The minimum atomic E-state index is 0.157. The van der Waals surface area contributed by atoms with Crippen LogP contribution in [-0.2, 0) is 13.1 Å².